The molecule has 0 amide bonds. The molecule has 0 spiro atoms. The van der Waals surface area contributed by atoms with Gasteiger partial charge in [-0.05, 0) is 24.5 Å². The summed E-state index contributed by atoms with van der Waals surface area (Å²) in [6, 6.07) is 5.14. The van der Waals surface area contributed by atoms with Crippen LogP contribution in [0.25, 0.3) is 0 Å². The molecular weight excluding hydrogens is 320 g/mol. The van der Waals surface area contributed by atoms with Gasteiger partial charge in [-0.25, -0.2) is 0 Å². The Hall–Kier alpha value is -1.10. The van der Waals surface area contributed by atoms with Gasteiger partial charge in [0.05, 0.1) is 4.92 Å². The van der Waals surface area contributed by atoms with E-state index in [1.54, 1.807) is 12.1 Å². The van der Waals surface area contributed by atoms with Crippen LogP contribution in [0.1, 0.15) is 39.2 Å². The van der Waals surface area contributed by atoms with Crippen LogP contribution >= 0.6 is 15.9 Å². The van der Waals surface area contributed by atoms with Crippen molar-refractivity contribution in [2.75, 3.05) is 18.0 Å². The van der Waals surface area contributed by atoms with Gasteiger partial charge in [-0.1, -0.05) is 42.6 Å². The zero-order valence-corrected chi connectivity index (χ0v) is 14.0. The Bertz CT molecular complexity index is 447. The van der Waals surface area contributed by atoms with Crippen LogP contribution in [0.3, 0.4) is 0 Å². The smallest absolute Gasteiger partial charge is 0.269 e. The number of anilines is 1. The van der Waals surface area contributed by atoms with Crippen LogP contribution in [0.15, 0.2) is 18.2 Å². The molecule has 0 saturated heterocycles. The van der Waals surface area contributed by atoms with Gasteiger partial charge in [0.25, 0.3) is 5.69 Å². The molecule has 0 aliphatic rings. The topological polar surface area (TPSA) is 46.4 Å². The predicted octanol–water partition coefficient (Wildman–Crippen LogP) is 4.75. The van der Waals surface area contributed by atoms with Gasteiger partial charge in [0.1, 0.15) is 0 Å². The number of alkyl halides is 1. The molecule has 1 aromatic carbocycles. The molecule has 1 rings (SSSR count). The van der Waals surface area contributed by atoms with E-state index in [0.717, 1.165) is 37.2 Å². The van der Waals surface area contributed by atoms with Gasteiger partial charge >= 0.3 is 0 Å². The maximum absolute atomic E-state index is 10.9. The van der Waals surface area contributed by atoms with Crippen molar-refractivity contribution in [1.29, 1.82) is 0 Å². The number of halogens is 1. The zero-order chi connectivity index (χ0) is 15.1. The summed E-state index contributed by atoms with van der Waals surface area (Å²) in [6.45, 7) is 8.46. The van der Waals surface area contributed by atoms with Gasteiger partial charge in [-0.3, -0.25) is 10.1 Å². The third-order valence-corrected chi connectivity index (χ3v) is 4.38. The van der Waals surface area contributed by atoms with Crippen molar-refractivity contribution in [3.05, 3.63) is 33.9 Å². The molecule has 112 valence electrons. The summed E-state index contributed by atoms with van der Waals surface area (Å²) in [5.74, 6) is 0.660. The third kappa shape index (κ3) is 4.20. The fraction of sp³-hybridized carbons (Fsp3) is 0.600. The first kappa shape index (κ1) is 17.0. The molecule has 0 radical (unpaired) electrons. The number of rotatable bonds is 8. The van der Waals surface area contributed by atoms with E-state index in [2.05, 4.69) is 41.6 Å². The molecule has 0 N–H and O–H groups in total. The number of hydrogen-bond acceptors (Lipinski definition) is 3. The van der Waals surface area contributed by atoms with Crippen LogP contribution in [0.2, 0.25) is 0 Å². The van der Waals surface area contributed by atoms with Crippen molar-refractivity contribution in [3.8, 4) is 0 Å². The average Bonchev–Trinajstić information content (AvgIpc) is 2.48. The summed E-state index contributed by atoms with van der Waals surface area (Å²) in [5, 5.41) is 11.5. The summed E-state index contributed by atoms with van der Waals surface area (Å²) >= 11 is 3.44. The molecule has 0 saturated carbocycles. The second-order valence-electron chi connectivity index (χ2n) is 4.92. The molecule has 0 aliphatic carbocycles. The van der Waals surface area contributed by atoms with E-state index in [1.165, 1.54) is 0 Å². The van der Waals surface area contributed by atoms with Gasteiger partial charge in [0.15, 0.2) is 0 Å². The largest absolute Gasteiger partial charge is 0.371 e. The molecule has 0 aromatic heterocycles. The van der Waals surface area contributed by atoms with Gasteiger partial charge in [-0.15, -0.1) is 0 Å². The Kier molecular flexibility index (Phi) is 6.99. The molecular formula is C15H23BrN2O2. The second kappa shape index (κ2) is 8.25. The van der Waals surface area contributed by atoms with E-state index >= 15 is 0 Å². The van der Waals surface area contributed by atoms with E-state index in [-0.39, 0.29) is 10.6 Å². The lowest BCUT2D eigenvalue weighted by molar-refractivity contribution is -0.384. The Morgan fingerprint density at radius 1 is 1.30 bits per heavy atom. The predicted molar refractivity (Wildman–Crippen MR) is 87.7 cm³/mol. The second-order valence-corrected chi connectivity index (χ2v) is 5.49. The minimum atomic E-state index is -0.340. The lowest BCUT2D eigenvalue weighted by atomic mass is 10.0. The number of nitrogens with zero attached hydrogens (tertiary/aromatic N) is 2. The molecule has 0 atom stereocenters. The van der Waals surface area contributed by atoms with Gasteiger partial charge < -0.3 is 4.90 Å². The first-order valence-electron chi connectivity index (χ1n) is 7.15. The van der Waals surface area contributed by atoms with Gasteiger partial charge in [-0.2, -0.15) is 0 Å². The summed E-state index contributed by atoms with van der Waals surface area (Å²) in [4.78, 5) is 12.8. The molecule has 20 heavy (non-hydrogen) atoms. The average molecular weight is 343 g/mol. The van der Waals surface area contributed by atoms with Crippen molar-refractivity contribution in [1.82, 2.24) is 0 Å². The number of nitro groups is 1. The zero-order valence-electron chi connectivity index (χ0n) is 12.4. The van der Waals surface area contributed by atoms with Crippen LogP contribution in [-0.2, 0) is 5.33 Å². The number of non-ortho nitro benzene ring substituents is 1. The number of hydrogen-bond donors (Lipinski definition) is 0. The fourth-order valence-electron chi connectivity index (χ4n) is 2.36. The van der Waals surface area contributed by atoms with E-state index in [4.69, 9.17) is 0 Å². The quantitative estimate of drug-likeness (QED) is 0.389. The highest BCUT2D eigenvalue weighted by Crippen LogP contribution is 2.28. The summed E-state index contributed by atoms with van der Waals surface area (Å²) < 4.78 is 0. The highest BCUT2D eigenvalue weighted by atomic mass is 79.9. The Morgan fingerprint density at radius 3 is 2.40 bits per heavy atom. The molecule has 1 aromatic rings. The molecule has 0 fully saturated rings. The van der Waals surface area contributed by atoms with E-state index < -0.39 is 0 Å². The van der Waals surface area contributed by atoms with Crippen LogP contribution in [0.4, 0.5) is 11.4 Å². The van der Waals surface area contributed by atoms with Crippen LogP contribution in [-0.4, -0.2) is 18.0 Å². The van der Waals surface area contributed by atoms with Gasteiger partial charge in [0.2, 0.25) is 0 Å². The van der Waals surface area contributed by atoms with Crippen LogP contribution < -0.4 is 4.90 Å². The highest BCUT2D eigenvalue weighted by Gasteiger charge is 2.16. The summed E-state index contributed by atoms with van der Waals surface area (Å²) in [7, 11) is 0. The maximum atomic E-state index is 10.9. The number of benzene rings is 1. The third-order valence-electron chi connectivity index (χ3n) is 3.77. The summed E-state index contributed by atoms with van der Waals surface area (Å²) in [5.41, 5.74) is 2.23. The maximum Gasteiger partial charge on any atom is 0.269 e. The standard InChI is InChI=1S/C15H23BrN2O2/c1-4-12(5-2)11-17(6-3)15-8-7-14(18(19)20)9-13(15)10-16/h7-9,12H,4-6,10-11H2,1-3H3. The van der Waals surface area contributed by atoms with Crippen molar-refractivity contribution < 1.29 is 4.92 Å². The van der Waals surface area contributed by atoms with Crippen molar-refractivity contribution in [2.24, 2.45) is 5.92 Å². The van der Waals surface area contributed by atoms with Crippen molar-refractivity contribution >= 4 is 27.3 Å². The van der Waals surface area contributed by atoms with Crippen molar-refractivity contribution in [3.63, 3.8) is 0 Å². The normalized spacial score (nSPS) is 10.8. The van der Waals surface area contributed by atoms with Crippen molar-refractivity contribution in [2.45, 2.75) is 38.9 Å². The van der Waals surface area contributed by atoms with Gasteiger partial charge in [0, 0.05) is 36.2 Å². The lowest BCUT2D eigenvalue weighted by Crippen LogP contribution is -2.29. The molecule has 0 unspecified atom stereocenters. The first-order chi connectivity index (χ1) is 9.57. The molecule has 5 heteroatoms. The Morgan fingerprint density at radius 2 is 1.95 bits per heavy atom. The SMILES string of the molecule is CCC(CC)CN(CC)c1ccc([N+](=O)[O-])cc1CBr. The molecule has 0 aliphatic heterocycles. The minimum Gasteiger partial charge on any atom is -0.371 e. The van der Waals surface area contributed by atoms with E-state index in [1.807, 2.05) is 6.07 Å². The molecule has 0 bridgehead atoms. The minimum absolute atomic E-state index is 0.154. The van der Waals surface area contributed by atoms with Crippen LogP contribution in [0, 0.1) is 16.0 Å². The number of nitro benzene ring substituents is 1. The Labute approximate surface area is 129 Å². The van der Waals surface area contributed by atoms with E-state index in [0.29, 0.717) is 11.2 Å². The van der Waals surface area contributed by atoms with Crippen LogP contribution in [0.5, 0.6) is 0 Å². The summed E-state index contributed by atoms with van der Waals surface area (Å²) in [6.07, 6.45) is 2.31. The molecule has 0 heterocycles. The molecule has 4 nitrogen and oxygen atoms in total. The monoisotopic (exact) mass is 342 g/mol. The fourth-order valence-corrected chi connectivity index (χ4v) is 2.81. The first-order valence-corrected chi connectivity index (χ1v) is 8.27. The Balaban J connectivity index is 3.05. The van der Waals surface area contributed by atoms with E-state index in [9.17, 15) is 10.1 Å². The highest BCUT2D eigenvalue weighted by molar-refractivity contribution is 9.08. The lowest BCUT2D eigenvalue weighted by Gasteiger charge is -2.29.